The zero-order chi connectivity index (χ0) is 49.2. The van der Waals surface area contributed by atoms with Gasteiger partial charge in [-0.2, -0.15) is 0 Å². The third-order valence-electron chi connectivity index (χ3n) is 11.0. The van der Waals surface area contributed by atoms with Crippen LogP contribution in [0.1, 0.15) is 187 Å². The monoisotopic (exact) mass is 951 g/mol. The van der Waals surface area contributed by atoms with Gasteiger partial charge in [-0.25, -0.2) is 0 Å². The van der Waals surface area contributed by atoms with Crippen LogP contribution in [-0.2, 0) is 18.4 Å². The van der Waals surface area contributed by atoms with Crippen LogP contribution in [0.15, 0.2) is 122 Å². The average molecular weight is 951 g/mol. The van der Waals surface area contributed by atoms with Crippen LogP contribution in [-0.4, -0.2) is 68.5 Å². The first-order chi connectivity index (χ1) is 32.5. The maximum absolute atomic E-state index is 12.9. The van der Waals surface area contributed by atoms with Gasteiger partial charge in [0.25, 0.3) is 7.82 Å². The molecule has 67 heavy (non-hydrogen) atoms. The Morgan fingerprint density at radius 1 is 0.537 bits per heavy atom. The Hall–Kier alpha value is -3.10. The van der Waals surface area contributed by atoms with Gasteiger partial charge in [-0.3, -0.25) is 9.36 Å². The molecule has 0 saturated carbocycles. The molecule has 9 heteroatoms. The molecule has 3 atom stereocenters. The van der Waals surface area contributed by atoms with Crippen molar-refractivity contribution in [3.63, 3.8) is 0 Å². The van der Waals surface area contributed by atoms with Gasteiger partial charge >= 0.3 is 0 Å². The molecule has 0 rings (SSSR count). The van der Waals surface area contributed by atoms with E-state index < -0.39 is 20.0 Å². The molecular weight excluding hydrogens is 852 g/mol. The summed E-state index contributed by atoms with van der Waals surface area (Å²) in [6, 6.07) is -0.814. The van der Waals surface area contributed by atoms with Crippen molar-refractivity contribution >= 4 is 13.7 Å². The minimum Gasteiger partial charge on any atom is -0.756 e. The summed E-state index contributed by atoms with van der Waals surface area (Å²) >= 11 is 0. The van der Waals surface area contributed by atoms with Gasteiger partial charge in [0.2, 0.25) is 5.91 Å². The molecule has 2 N–H and O–H groups in total. The number of rotatable bonds is 46. The molecule has 0 fully saturated rings. The molecule has 0 aliphatic rings. The predicted octanol–water partition coefficient (Wildman–Crippen LogP) is 15.2. The summed E-state index contributed by atoms with van der Waals surface area (Å²) in [6.45, 7) is 4.53. The van der Waals surface area contributed by atoms with Crippen LogP contribution in [0.5, 0.6) is 0 Å². The third kappa shape index (κ3) is 50.6. The number of unbranched alkanes of at least 4 members (excludes halogenated alkanes) is 13. The molecule has 0 aromatic carbocycles. The van der Waals surface area contributed by atoms with Crippen molar-refractivity contribution in [3.05, 3.63) is 122 Å². The topological polar surface area (TPSA) is 108 Å². The Morgan fingerprint density at radius 2 is 0.910 bits per heavy atom. The van der Waals surface area contributed by atoms with Gasteiger partial charge in [-0.05, 0) is 89.9 Å². The van der Waals surface area contributed by atoms with E-state index in [4.69, 9.17) is 9.05 Å². The van der Waals surface area contributed by atoms with Crippen LogP contribution >= 0.6 is 7.82 Å². The van der Waals surface area contributed by atoms with Gasteiger partial charge in [0.1, 0.15) is 13.2 Å². The molecule has 0 bridgehead atoms. The fourth-order valence-corrected chi connectivity index (χ4v) is 7.55. The molecule has 0 aromatic heterocycles. The van der Waals surface area contributed by atoms with Gasteiger partial charge in [-0.15, -0.1) is 0 Å². The van der Waals surface area contributed by atoms with E-state index in [1.54, 1.807) is 0 Å². The zero-order valence-corrected chi connectivity index (χ0v) is 44.2. The second kappa shape index (κ2) is 47.9. The Labute approximate surface area is 412 Å². The number of aliphatic hydroxyl groups is 1. The van der Waals surface area contributed by atoms with Crippen molar-refractivity contribution in [3.8, 4) is 0 Å². The summed E-state index contributed by atoms with van der Waals surface area (Å²) in [5.41, 5.74) is 0. The third-order valence-corrected chi connectivity index (χ3v) is 11.9. The van der Waals surface area contributed by atoms with E-state index in [0.29, 0.717) is 23.9 Å². The number of likely N-dealkylation sites (N-methyl/N-ethyl adjacent to an activating group) is 1. The van der Waals surface area contributed by atoms with Crippen LogP contribution < -0.4 is 10.2 Å². The average Bonchev–Trinajstić information content (AvgIpc) is 3.29. The van der Waals surface area contributed by atoms with Crippen molar-refractivity contribution in [2.75, 3.05) is 40.9 Å². The number of nitrogens with zero attached hydrogens (tertiary/aromatic N) is 1. The summed E-state index contributed by atoms with van der Waals surface area (Å²) < 4.78 is 23.2. The number of hydrogen-bond acceptors (Lipinski definition) is 6. The fourth-order valence-electron chi connectivity index (χ4n) is 6.83. The second-order valence-electron chi connectivity index (χ2n) is 18.5. The molecule has 0 aliphatic heterocycles. The highest BCUT2D eigenvalue weighted by Gasteiger charge is 2.24. The quantitative estimate of drug-likeness (QED) is 0.0272. The van der Waals surface area contributed by atoms with E-state index in [0.717, 1.165) is 122 Å². The number of hydrogen-bond donors (Lipinski definition) is 2. The second-order valence-corrected chi connectivity index (χ2v) is 19.9. The summed E-state index contributed by atoms with van der Waals surface area (Å²) in [5, 5.41) is 13.8. The highest BCUT2D eigenvalue weighted by atomic mass is 31.2. The van der Waals surface area contributed by atoms with Crippen molar-refractivity contribution < 1.29 is 32.9 Å². The van der Waals surface area contributed by atoms with Crippen molar-refractivity contribution in [2.24, 2.45) is 0 Å². The number of aliphatic hydroxyl groups excluding tert-OH is 1. The van der Waals surface area contributed by atoms with Crippen LogP contribution in [0.4, 0.5) is 0 Å². The first kappa shape index (κ1) is 63.9. The molecule has 382 valence electrons. The number of amides is 1. The summed E-state index contributed by atoms with van der Waals surface area (Å²) in [7, 11) is 1.27. The molecule has 0 aromatic rings. The highest BCUT2D eigenvalue weighted by Crippen LogP contribution is 2.38. The number of phosphoric ester groups is 1. The lowest BCUT2D eigenvalue weighted by Gasteiger charge is -2.30. The lowest BCUT2D eigenvalue weighted by Crippen LogP contribution is -2.46. The Balaban J connectivity index is 4.09. The van der Waals surface area contributed by atoms with Crippen LogP contribution in [0, 0.1) is 0 Å². The van der Waals surface area contributed by atoms with E-state index in [2.05, 4.69) is 141 Å². The maximum Gasteiger partial charge on any atom is 0.268 e. The maximum atomic E-state index is 12.9. The molecule has 0 spiro atoms. The largest absolute Gasteiger partial charge is 0.756 e. The number of quaternary nitrogens is 1. The number of nitrogens with one attached hydrogen (secondary N) is 1. The fraction of sp³-hybridized carbons (Fsp3) is 0.638. The molecule has 1 amide bonds. The molecule has 8 nitrogen and oxygen atoms in total. The Kier molecular flexibility index (Phi) is 45.7. The predicted molar refractivity (Wildman–Crippen MR) is 288 cm³/mol. The van der Waals surface area contributed by atoms with Crippen LogP contribution in [0.2, 0.25) is 0 Å². The van der Waals surface area contributed by atoms with E-state index in [1.807, 2.05) is 21.1 Å². The van der Waals surface area contributed by atoms with Crippen LogP contribution in [0.3, 0.4) is 0 Å². The first-order valence-electron chi connectivity index (χ1n) is 26.4. The molecule has 3 unspecified atom stereocenters. The SMILES string of the molecule is CC/C=C\C/C=C\C/C=C\C/C=C\C/C=C\C/C=C\C/C=C\C/C=C\C/C=C\C/C=C\CCCCCCCCC(=O)NC(COP(=O)([O-])OCC[N+](C)(C)C)C(O)CCCCCCCCCC. The molecule has 0 radical (unpaired) electrons. The molecular formula is C58H99N2O6P. The lowest BCUT2D eigenvalue weighted by molar-refractivity contribution is -0.870. The van der Waals surface area contributed by atoms with Gasteiger partial charge in [0, 0.05) is 6.42 Å². The molecule has 0 saturated heterocycles. The number of carbonyl (C=O) groups is 1. The normalized spacial score (nSPS) is 15.0. The van der Waals surface area contributed by atoms with Crippen molar-refractivity contribution in [1.29, 1.82) is 0 Å². The Bertz CT molecular complexity index is 1500. The summed E-state index contributed by atoms with van der Waals surface area (Å²) in [6.07, 6.45) is 71.0. The minimum atomic E-state index is -4.57. The van der Waals surface area contributed by atoms with E-state index >= 15 is 0 Å². The van der Waals surface area contributed by atoms with Crippen molar-refractivity contribution in [1.82, 2.24) is 5.32 Å². The number of allylic oxidation sites excluding steroid dienone is 20. The van der Waals surface area contributed by atoms with Crippen molar-refractivity contribution in [2.45, 2.75) is 199 Å². The smallest absolute Gasteiger partial charge is 0.268 e. The van der Waals surface area contributed by atoms with E-state index in [-0.39, 0.29) is 19.1 Å². The van der Waals surface area contributed by atoms with Crippen LogP contribution in [0.25, 0.3) is 0 Å². The molecule has 0 heterocycles. The molecule has 0 aliphatic carbocycles. The minimum absolute atomic E-state index is 0.00221. The zero-order valence-electron chi connectivity index (χ0n) is 43.3. The lowest BCUT2D eigenvalue weighted by atomic mass is 10.0. The van der Waals surface area contributed by atoms with Gasteiger partial charge in [-0.1, -0.05) is 212 Å². The summed E-state index contributed by atoms with van der Waals surface area (Å²) in [4.78, 5) is 25.3. The number of carbonyl (C=O) groups excluding carboxylic acids is 1. The van der Waals surface area contributed by atoms with E-state index in [9.17, 15) is 19.4 Å². The van der Waals surface area contributed by atoms with Gasteiger partial charge in [0.15, 0.2) is 0 Å². The number of phosphoric acid groups is 1. The van der Waals surface area contributed by atoms with Gasteiger partial charge < -0.3 is 28.8 Å². The van der Waals surface area contributed by atoms with Gasteiger partial charge in [0.05, 0.1) is 39.9 Å². The standard InChI is InChI=1S/C58H99N2O6P/c1-6-8-10-12-14-16-17-18-19-20-21-22-23-24-25-26-27-28-29-30-31-32-33-34-35-36-37-38-39-40-41-42-43-44-46-48-50-52-58(62)59-56(55-66-67(63,64)65-54-53-60(3,4)5)57(61)51-49-47-45-15-13-11-9-7-2/h8,10,14,16,18-19,21-22,24-25,27-28,30-31,33-34,36-37,39-40,56-57,61H,6-7,9,11-13,15,17,20,23,26,29,32,35,38,41-55H2,1-5H3,(H-,59,62,63,64)/b10-8-,16-14-,19-18-,22-21-,25-24-,28-27-,31-30-,34-33-,37-36-,40-39-. The highest BCUT2D eigenvalue weighted by molar-refractivity contribution is 7.45. The summed E-state index contributed by atoms with van der Waals surface area (Å²) in [5.74, 6) is -0.189. The first-order valence-corrected chi connectivity index (χ1v) is 27.8. The van der Waals surface area contributed by atoms with E-state index in [1.165, 1.54) is 38.5 Å². The Morgan fingerprint density at radius 3 is 1.33 bits per heavy atom.